The highest BCUT2D eigenvalue weighted by Gasteiger charge is 2.18. The lowest BCUT2D eigenvalue weighted by molar-refractivity contribution is 0.0697. The van der Waals surface area contributed by atoms with Crippen molar-refractivity contribution in [2.24, 2.45) is 0 Å². The van der Waals surface area contributed by atoms with Crippen LogP contribution in [-0.2, 0) is 0 Å². The summed E-state index contributed by atoms with van der Waals surface area (Å²) in [6.07, 6.45) is 0.631. The molecule has 0 bridgehead atoms. The average molecular weight is 360 g/mol. The van der Waals surface area contributed by atoms with Crippen LogP contribution in [0.15, 0.2) is 22.7 Å². The lowest BCUT2D eigenvalue weighted by Crippen LogP contribution is -2.32. The predicted octanol–water partition coefficient (Wildman–Crippen LogP) is 3.68. The number of hydrogen-bond acceptors (Lipinski definition) is 5. The lowest BCUT2D eigenvalue weighted by Gasteiger charge is -2.20. The number of nitrogens with zero attached hydrogens (tertiary/aromatic N) is 2. The van der Waals surface area contributed by atoms with Gasteiger partial charge in [0.25, 0.3) is 0 Å². The van der Waals surface area contributed by atoms with Crippen LogP contribution in [0.1, 0.15) is 20.3 Å². The molecule has 1 heterocycles. The monoisotopic (exact) mass is 359 g/mol. The third-order valence-electron chi connectivity index (χ3n) is 2.97. The van der Waals surface area contributed by atoms with Crippen molar-refractivity contribution < 1.29 is 9.50 Å². The summed E-state index contributed by atoms with van der Waals surface area (Å²) in [5.74, 6) is -0.337. The summed E-state index contributed by atoms with van der Waals surface area (Å²) >= 11 is 4.56. The average Bonchev–Trinajstić information content (AvgIpc) is 2.88. The van der Waals surface area contributed by atoms with Gasteiger partial charge in [0.1, 0.15) is 5.82 Å². The number of aromatic nitrogens is 2. The maximum absolute atomic E-state index is 13.8. The van der Waals surface area contributed by atoms with Gasteiger partial charge in [0.15, 0.2) is 5.01 Å². The maximum atomic E-state index is 13.8. The van der Waals surface area contributed by atoms with E-state index in [-0.39, 0.29) is 5.82 Å². The third kappa shape index (κ3) is 3.74. The Morgan fingerprint density at radius 3 is 2.90 bits per heavy atom. The molecule has 1 aromatic heterocycles. The van der Waals surface area contributed by atoms with Crippen LogP contribution in [0.5, 0.6) is 0 Å². The summed E-state index contributed by atoms with van der Waals surface area (Å²) in [5, 5.41) is 21.9. The molecule has 0 aliphatic carbocycles. The number of hydrogen-bond donors (Lipinski definition) is 2. The summed E-state index contributed by atoms with van der Waals surface area (Å²) in [6.45, 7) is 4.03. The fraction of sp³-hybridized carbons (Fsp3) is 0.385. The maximum Gasteiger partial charge on any atom is 0.206 e. The molecular weight excluding hydrogens is 345 g/mol. The number of nitrogens with one attached hydrogen (secondary N) is 1. The van der Waals surface area contributed by atoms with E-state index in [1.807, 2.05) is 6.92 Å². The standard InChI is InChI=1S/C13H15BrFN3OS/c1-3-13(2,19)7-16-12-18-17-11(20-12)9-6-8(14)4-5-10(9)15/h4-6,19H,3,7H2,1-2H3,(H,16,18). The van der Waals surface area contributed by atoms with E-state index < -0.39 is 5.60 Å². The van der Waals surface area contributed by atoms with Gasteiger partial charge in [-0.2, -0.15) is 0 Å². The smallest absolute Gasteiger partial charge is 0.206 e. The molecule has 20 heavy (non-hydrogen) atoms. The first-order valence-electron chi connectivity index (χ1n) is 6.16. The second-order valence-electron chi connectivity index (χ2n) is 4.74. The van der Waals surface area contributed by atoms with E-state index in [9.17, 15) is 9.50 Å². The van der Waals surface area contributed by atoms with Crippen molar-refractivity contribution in [3.63, 3.8) is 0 Å². The molecule has 2 aromatic rings. The minimum atomic E-state index is -0.799. The van der Waals surface area contributed by atoms with Gasteiger partial charge < -0.3 is 10.4 Å². The van der Waals surface area contributed by atoms with Gasteiger partial charge in [0.05, 0.1) is 5.60 Å². The molecule has 0 radical (unpaired) electrons. The Balaban J connectivity index is 2.15. The Kier molecular flexibility index (Phi) is 4.72. The topological polar surface area (TPSA) is 58.0 Å². The Morgan fingerprint density at radius 1 is 1.45 bits per heavy atom. The van der Waals surface area contributed by atoms with Crippen LogP contribution < -0.4 is 5.32 Å². The first kappa shape index (κ1) is 15.3. The van der Waals surface area contributed by atoms with Crippen molar-refractivity contribution in [1.82, 2.24) is 10.2 Å². The first-order chi connectivity index (χ1) is 9.41. The Morgan fingerprint density at radius 2 is 2.20 bits per heavy atom. The Labute approximate surface area is 129 Å². The summed E-state index contributed by atoms with van der Waals surface area (Å²) in [7, 11) is 0. The molecule has 0 aliphatic rings. The van der Waals surface area contributed by atoms with Gasteiger partial charge in [0, 0.05) is 16.6 Å². The fourth-order valence-corrected chi connectivity index (χ4v) is 2.57. The number of halogens is 2. The molecule has 1 unspecified atom stereocenters. The van der Waals surface area contributed by atoms with Crippen LogP contribution in [0, 0.1) is 5.82 Å². The zero-order chi connectivity index (χ0) is 14.8. The van der Waals surface area contributed by atoms with Crippen LogP contribution in [0.2, 0.25) is 0 Å². The van der Waals surface area contributed by atoms with Crippen molar-refractivity contribution >= 4 is 32.4 Å². The van der Waals surface area contributed by atoms with Crippen molar-refractivity contribution in [1.29, 1.82) is 0 Å². The van der Waals surface area contributed by atoms with Crippen LogP contribution in [0.3, 0.4) is 0 Å². The van der Waals surface area contributed by atoms with Crippen LogP contribution in [-0.4, -0.2) is 27.4 Å². The molecule has 0 fully saturated rings. The van der Waals surface area contributed by atoms with Crippen molar-refractivity contribution in [2.45, 2.75) is 25.9 Å². The highest BCUT2D eigenvalue weighted by Crippen LogP contribution is 2.30. The molecule has 0 amide bonds. The predicted molar refractivity (Wildman–Crippen MR) is 82.4 cm³/mol. The Hall–Kier alpha value is -1.05. The summed E-state index contributed by atoms with van der Waals surface area (Å²) in [6, 6.07) is 4.69. The molecule has 0 saturated heterocycles. The molecular formula is C13H15BrFN3OS. The molecule has 0 saturated carbocycles. The first-order valence-corrected chi connectivity index (χ1v) is 7.77. The second kappa shape index (κ2) is 6.15. The van der Waals surface area contributed by atoms with Gasteiger partial charge in [0.2, 0.25) is 5.13 Å². The van der Waals surface area contributed by atoms with Gasteiger partial charge in [-0.15, -0.1) is 10.2 Å². The van der Waals surface area contributed by atoms with E-state index in [0.717, 1.165) is 4.47 Å². The van der Waals surface area contributed by atoms with Crippen molar-refractivity contribution in [2.75, 3.05) is 11.9 Å². The fourth-order valence-electron chi connectivity index (χ4n) is 1.46. The van der Waals surface area contributed by atoms with E-state index in [0.29, 0.717) is 28.7 Å². The summed E-state index contributed by atoms with van der Waals surface area (Å²) in [5.41, 5.74) is -0.389. The quantitative estimate of drug-likeness (QED) is 0.854. The van der Waals surface area contributed by atoms with E-state index in [1.54, 1.807) is 19.1 Å². The molecule has 108 valence electrons. The Bertz CT molecular complexity index is 603. The summed E-state index contributed by atoms with van der Waals surface area (Å²) in [4.78, 5) is 0. The number of anilines is 1. The second-order valence-corrected chi connectivity index (χ2v) is 6.63. The molecule has 0 aliphatic heterocycles. The van der Waals surface area contributed by atoms with Gasteiger partial charge in [-0.3, -0.25) is 0 Å². The number of rotatable bonds is 5. The highest BCUT2D eigenvalue weighted by molar-refractivity contribution is 9.10. The van der Waals surface area contributed by atoms with Crippen molar-refractivity contribution in [3.05, 3.63) is 28.5 Å². The van der Waals surface area contributed by atoms with Crippen LogP contribution >= 0.6 is 27.3 Å². The highest BCUT2D eigenvalue weighted by atomic mass is 79.9. The van der Waals surface area contributed by atoms with Crippen molar-refractivity contribution in [3.8, 4) is 10.6 Å². The van der Waals surface area contributed by atoms with Gasteiger partial charge >= 0.3 is 0 Å². The van der Waals surface area contributed by atoms with E-state index >= 15 is 0 Å². The largest absolute Gasteiger partial charge is 0.388 e. The third-order valence-corrected chi connectivity index (χ3v) is 4.37. The molecule has 2 N–H and O–H groups in total. The van der Waals surface area contributed by atoms with Gasteiger partial charge in [-0.05, 0) is 31.5 Å². The minimum Gasteiger partial charge on any atom is -0.388 e. The normalized spacial score (nSPS) is 14.1. The summed E-state index contributed by atoms with van der Waals surface area (Å²) < 4.78 is 14.5. The van der Waals surface area contributed by atoms with Crippen LogP contribution in [0.25, 0.3) is 10.6 Å². The van der Waals surface area contributed by atoms with E-state index in [4.69, 9.17) is 0 Å². The van der Waals surface area contributed by atoms with Gasteiger partial charge in [-0.1, -0.05) is 34.2 Å². The van der Waals surface area contributed by atoms with E-state index in [2.05, 4.69) is 31.4 Å². The zero-order valence-corrected chi connectivity index (χ0v) is 13.6. The number of aliphatic hydroxyl groups is 1. The van der Waals surface area contributed by atoms with Crippen LogP contribution in [0.4, 0.5) is 9.52 Å². The molecule has 2 rings (SSSR count). The molecule has 4 nitrogen and oxygen atoms in total. The van der Waals surface area contributed by atoms with Gasteiger partial charge in [-0.25, -0.2) is 4.39 Å². The zero-order valence-electron chi connectivity index (χ0n) is 11.2. The minimum absolute atomic E-state index is 0.337. The van der Waals surface area contributed by atoms with E-state index in [1.165, 1.54) is 17.4 Å². The molecule has 7 heteroatoms. The molecule has 1 aromatic carbocycles. The SMILES string of the molecule is CCC(C)(O)CNc1nnc(-c2cc(Br)ccc2F)s1. The number of benzene rings is 1. The molecule has 1 atom stereocenters. The lowest BCUT2D eigenvalue weighted by atomic mass is 10.0. The molecule has 0 spiro atoms.